The molecule has 3 nitrogen and oxygen atoms in total. The third-order valence-corrected chi connectivity index (χ3v) is 5.12. The van der Waals surface area contributed by atoms with E-state index >= 15 is 0 Å². The molecule has 0 saturated carbocycles. The maximum atomic E-state index is 6.23. The van der Waals surface area contributed by atoms with Gasteiger partial charge >= 0.3 is 0 Å². The normalized spacial score (nSPS) is 16.0. The molecule has 126 valence electrons. The van der Waals surface area contributed by atoms with Gasteiger partial charge in [-0.25, -0.2) is 0 Å². The van der Waals surface area contributed by atoms with Gasteiger partial charge in [-0.05, 0) is 29.3 Å². The zero-order valence-corrected chi connectivity index (χ0v) is 15.4. The fourth-order valence-electron chi connectivity index (χ4n) is 2.62. The van der Waals surface area contributed by atoms with Crippen molar-refractivity contribution in [3.63, 3.8) is 0 Å². The fraction of sp³-hybridized carbons (Fsp3) is 0.278. The highest BCUT2D eigenvalue weighted by molar-refractivity contribution is 6.42. The molecule has 1 heterocycles. The SMILES string of the molecule is Clc1ccc(/C=N/N2CCN(Cc3ccccc3Cl)CC2)cc1Cl. The lowest BCUT2D eigenvalue weighted by Crippen LogP contribution is -2.43. The predicted molar refractivity (Wildman–Crippen MR) is 102 cm³/mol. The Hall–Kier alpha value is -1.26. The first-order valence-electron chi connectivity index (χ1n) is 7.81. The maximum absolute atomic E-state index is 6.23. The molecule has 0 amide bonds. The van der Waals surface area contributed by atoms with E-state index in [1.807, 2.05) is 36.5 Å². The molecule has 1 aliphatic rings. The van der Waals surface area contributed by atoms with E-state index in [1.165, 1.54) is 5.56 Å². The largest absolute Gasteiger partial charge is 0.295 e. The van der Waals surface area contributed by atoms with Crippen LogP contribution >= 0.6 is 34.8 Å². The number of hydrogen-bond donors (Lipinski definition) is 0. The second-order valence-corrected chi connectivity index (χ2v) is 6.96. The minimum Gasteiger partial charge on any atom is -0.295 e. The fourth-order valence-corrected chi connectivity index (χ4v) is 3.12. The van der Waals surface area contributed by atoms with Crippen LogP contribution in [-0.4, -0.2) is 42.3 Å². The smallest absolute Gasteiger partial charge is 0.0598 e. The second-order valence-electron chi connectivity index (χ2n) is 5.74. The van der Waals surface area contributed by atoms with Crippen molar-refractivity contribution >= 4 is 41.0 Å². The molecule has 0 radical (unpaired) electrons. The standard InChI is InChI=1S/C18H18Cl3N3/c19-16-4-2-1-3-15(16)13-23-7-9-24(10-8-23)22-12-14-5-6-17(20)18(21)11-14/h1-6,11-12H,7-10,13H2/b22-12+. The first kappa shape index (κ1) is 17.6. The van der Waals surface area contributed by atoms with Gasteiger partial charge in [0.2, 0.25) is 0 Å². The Bertz CT molecular complexity index is 725. The lowest BCUT2D eigenvalue weighted by molar-refractivity contribution is 0.131. The van der Waals surface area contributed by atoms with E-state index in [9.17, 15) is 0 Å². The van der Waals surface area contributed by atoms with Crippen LogP contribution in [0.15, 0.2) is 47.6 Å². The predicted octanol–water partition coefficient (Wildman–Crippen LogP) is 4.80. The summed E-state index contributed by atoms with van der Waals surface area (Å²) in [6.07, 6.45) is 1.83. The highest BCUT2D eigenvalue weighted by atomic mass is 35.5. The Morgan fingerprint density at radius 3 is 2.33 bits per heavy atom. The van der Waals surface area contributed by atoms with E-state index in [2.05, 4.69) is 21.1 Å². The number of benzene rings is 2. The molecule has 2 aromatic carbocycles. The molecule has 0 bridgehead atoms. The van der Waals surface area contributed by atoms with Gasteiger partial charge in [0.1, 0.15) is 0 Å². The van der Waals surface area contributed by atoms with Crippen LogP contribution < -0.4 is 0 Å². The topological polar surface area (TPSA) is 18.8 Å². The van der Waals surface area contributed by atoms with Crippen molar-refractivity contribution in [2.75, 3.05) is 26.2 Å². The van der Waals surface area contributed by atoms with Gasteiger partial charge < -0.3 is 0 Å². The molecule has 0 aliphatic carbocycles. The number of piperazine rings is 1. The van der Waals surface area contributed by atoms with Crippen molar-refractivity contribution in [2.24, 2.45) is 5.10 Å². The van der Waals surface area contributed by atoms with Crippen LogP contribution in [0.2, 0.25) is 15.1 Å². The molecule has 0 aromatic heterocycles. The summed E-state index contributed by atoms with van der Waals surface area (Å²) in [6.45, 7) is 4.59. The van der Waals surface area contributed by atoms with Crippen LogP contribution in [-0.2, 0) is 6.54 Å². The summed E-state index contributed by atoms with van der Waals surface area (Å²) >= 11 is 18.2. The van der Waals surface area contributed by atoms with Gasteiger partial charge in [0.25, 0.3) is 0 Å². The summed E-state index contributed by atoms with van der Waals surface area (Å²) in [5, 5.41) is 8.55. The maximum Gasteiger partial charge on any atom is 0.0598 e. The quantitative estimate of drug-likeness (QED) is 0.707. The van der Waals surface area contributed by atoms with Gasteiger partial charge in [-0.1, -0.05) is 59.1 Å². The van der Waals surface area contributed by atoms with Crippen LogP contribution in [0.4, 0.5) is 0 Å². The van der Waals surface area contributed by atoms with Crippen molar-refractivity contribution in [3.8, 4) is 0 Å². The van der Waals surface area contributed by atoms with Gasteiger partial charge in [0, 0.05) is 37.7 Å². The Labute approximate surface area is 157 Å². The summed E-state index contributed by atoms with van der Waals surface area (Å²) in [4.78, 5) is 2.40. The highest BCUT2D eigenvalue weighted by Crippen LogP contribution is 2.22. The van der Waals surface area contributed by atoms with E-state index in [4.69, 9.17) is 34.8 Å². The number of halogens is 3. The molecule has 1 aliphatic heterocycles. The van der Waals surface area contributed by atoms with E-state index in [1.54, 1.807) is 6.07 Å². The van der Waals surface area contributed by atoms with Crippen LogP contribution in [0.1, 0.15) is 11.1 Å². The van der Waals surface area contributed by atoms with E-state index in [0.717, 1.165) is 43.3 Å². The molecule has 0 atom stereocenters. The summed E-state index contributed by atoms with van der Waals surface area (Å²) in [5.41, 5.74) is 2.12. The molecule has 1 fully saturated rings. The Morgan fingerprint density at radius 1 is 0.875 bits per heavy atom. The third-order valence-electron chi connectivity index (χ3n) is 4.01. The van der Waals surface area contributed by atoms with Crippen LogP contribution in [0, 0.1) is 0 Å². The average molecular weight is 383 g/mol. The van der Waals surface area contributed by atoms with Gasteiger partial charge in [-0.2, -0.15) is 5.10 Å². The first-order chi connectivity index (χ1) is 11.6. The molecule has 0 unspecified atom stereocenters. The van der Waals surface area contributed by atoms with E-state index in [-0.39, 0.29) is 0 Å². The molecule has 6 heteroatoms. The minimum atomic E-state index is 0.546. The molecule has 3 rings (SSSR count). The van der Waals surface area contributed by atoms with E-state index in [0.29, 0.717) is 10.0 Å². The van der Waals surface area contributed by atoms with Gasteiger partial charge in [-0.3, -0.25) is 9.91 Å². The minimum absolute atomic E-state index is 0.546. The monoisotopic (exact) mass is 381 g/mol. The Morgan fingerprint density at radius 2 is 1.62 bits per heavy atom. The lowest BCUT2D eigenvalue weighted by Gasteiger charge is -2.33. The van der Waals surface area contributed by atoms with E-state index < -0.39 is 0 Å². The summed E-state index contributed by atoms with van der Waals surface area (Å²) in [7, 11) is 0. The van der Waals surface area contributed by atoms with Crippen molar-refractivity contribution in [1.29, 1.82) is 0 Å². The molecular weight excluding hydrogens is 365 g/mol. The highest BCUT2D eigenvalue weighted by Gasteiger charge is 2.16. The second kappa shape index (κ2) is 8.21. The summed E-state index contributed by atoms with van der Waals surface area (Å²) in [6, 6.07) is 13.5. The zero-order valence-electron chi connectivity index (χ0n) is 13.1. The molecule has 24 heavy (non-hydrogen) atoms. The molecular formula is C18H18Cl3N3. The zero-order chi connectivity index (χ0) is 16.9. The molecule has 0 N–H and O–H groups in total. The Kier molecular flexibility index (Phi) is 6.01. The lowest BCUT2D eigenvalue weighted by atomic mass is 10.2. The molecule has 2 aromatic rings. The van der Waals surface area contributed by atoms with Gasteiger partial charge in [0.15, 0.2) is 0 Å². The van der Waals surface area contributed by atoms with Crippen LogP contribution in [0.5, 0.6) is 0 Å². The van der Waals surface area contributed by atoms with Crippen molar-refractivity contribution in [1.82, 2.24) is 9.91 Å². The molecule has 1 saturated heterocycles. The number of rotatable bonds is 4. The number of nitrogens with zero attached hydrogens (tertiary/aromatic N) is 3. The van der Waals surface area contributed by atoms with Gasteiger partial charge in [-0.15, -0.1) is 0 Å². The summed E-state index contributed by atoms with van der Waals surface area (Å²) < 4.78 is 0. The van der Waals surface area contributed by atoms with Crippen LogP contribution in [0.25, 0.3) is 0 Å². The van der Waals surface area contributed by atoms with Crippen LogP contribution in [0.3, 0.4) is 0 Å². The van der Waals surface area contributed by atoms with Crippen molar-refractivity contribution in [2.45, 2.75) is 6.54 Å². The summed E-state index contributed by atoms with van der Waals surface area (Å²) in [5.74, 6) is 0. The number of hydrazone groups is 1. The number of hydrogen-bond acceptors (Lipinski definition) is 3. The van der Waals surface area contributed by atoms with Gasteiger partial charge in [0.05, 0.1) is 16.3 Å². The third kappa shape index (κ3) is 4.64. The molecule has 0 spiro atoms. The average Bonchev–Trinajstić information content (AvgIpc) is 2.59. The first-order valence-corrected chi connectivity index (χ1v) is 8.95. The van der Waals surface area contributed by atoms with Crippen molar-refractivity contribution < 1.29 is 0 Å². The van der Waals surface area contributed by atoms with Crippen molar-refractivity contribution in [3.05, 3.63) is 68.7 Å². The Balaban J connectivity index is 1.52.